The predicted octanol–water partition coefficient (Wildman–Crippen LogP) is 6.98. The molecule has 0 atom stereocenters. The largest absolute Gasteiger partial charge is 0.204 e. The van der Waals surface area contributed by atoms with Crippen molar-refractivity contribution in [2.75, 3.05) is 0 Å². The van der Waals surface area contributed by atoms with Crippen LogP contribution < -0.4 is 0 Å². The van der Waals surface area contributed by atoms with Gasteiger partial charge in [-0.15, -0.1) is 0 Å². The molecule has 2 aliphatic rings. The van der Waals surface area contributed by atoms with Crippen molar-refractivity contribution in [3.05, 3.63) is 35.1 Å². The number of benzene rings is 1. The first-order valence-electron chi connectivity index (χ1n) is 9.72. The zero-order chi connectivity index (χ0) is 17.1. The molecule has 2 saturated carbocycles. The molecule has 2 aliphatic carbocycles. The van der Waals surface area contributed by atoms with Crippen LogP contribution >= 0.6 is 0 Å². The van der Waals surface area contributed by atoms with Crippen LogP contribution in [0.2, 0.25) is 0 Å². The topological polar surface area (TPSA) is 0 Å². The fourth-order valence-electron chi connectivity index (χ4n) is 5.09. The second-order valence-electron chi connectivity index (χ2n) is 7.98. The van der Waals surface area contributed by atoms with Gasteiger partial charge in [0.2, 0.25) is 0 Å². The molecule has 0 saturated heterocycles. The Kier molecular flexibility index (Phi) is 5.89. The molecule has 0 spiro atoms. The first kappa shape index (κ1) is 17.8. The second-order valence-corrected chi connectivity index (χ2v) is 7.98. The molecule has 0 aromatic heterocycles. The minimum absolute atomic E-state index is 0.183. The lowest BCUT2D eigenvalue weighted by Crippen LogP contribution is -2.25. The van der Waals surface area contributed by atoms with Crippen LogP contribution in [0.1, 0.15) is 82.6 Å². The van der Waals surface area contributed by atoms with Gasteiger partial charge in [-0.2, -0.15) is 0 Å². The quantitative estimate of drug-likeness (QED) is 0.519. The highest BCUT2D eigenvalue weighted by Crippen LogP contribution is 2.44. The van der Waals surface area contributed by atoms with Crippen LogP contribution in [-0.2, 0) is 0 Å². The summed E-state index contributed by atoms with van der Waals surface area (Å²) >= 11 is 0. The summed E-state index contributed by atoms with van der Waals surface area (Å²) in [6.45, 7) is 2.27. The first-order valence-corrected chi connectivity index (χ1v) is 9.72. The molecule has 0 N–H and O–H groups in total. The van der Waals surface area contributed by atoms with E-state index in [9.17, 15) is 13.2 Å². The second kappa shape index (κ2) is 7.93. The maximum absolute atomic E-state index is 13.4. The maximum Gasteiger partial charge on any atom is 0.194 e. The average Bonchev–Trinajstić information content (AvgIpc) is 2.60. The van der Waals surface area contributed by atoms with Gasteiger partial charge in [0.1, 0.15) is 0 Å². The van der Waals surface area contributed by atoms with Crippen molar-refractivity contribution in [2.24, 2.45) is 17.8 Å². The Morgan fingerprint density at radius 2 is 1.29 bits per heavy atom. The van der Waals surface area contributed by atoms with Gasteiger partial charge in [-0.25, -0.2) is 13.2 Å². The highest BCUT2D eigenvalue weighted by Gasteiger charge is 2.31. The van der Waals surface area contributed by atoms with Gasteiger partial charge in [0.25, 0.3) is 0 Å². The molecule has 1 aromatic carbocycles. The van der Waals surface area contributed by atoms with Crippen molar-refractivity contribution in [1.29, 1.82) is 0 Å². The monoisotopic (exact) mass is 338 g/mol. The maximum atomic E-state index is 13.4. The summed E-state index contributed by atoms with van der Waals surface area (Å²) in [5, 5.41) is 0. The van der Waals surface area contributed by atoms with E-state index in [4.69, 9.17) is 0 Å². The normalized spacial score (nSPS) is 31.2. The molecule has 0 bridgehead atoms. The van der Waals surface area contributed by atoms with E-state index in [2.05, 4.69) is 6.92 Å². The molecule has 2 fully saturated rings. The van der Waals surface area contributed by atoms with Gasteiger partial charge in [0.05, 0.1) is 0 Å². The molecular formula is C21H29F3. The smallest absolute Gasteiger partial charge is 0.194 e. The number of hydrogen-bond donors (Lipinski definition) is 0. The van der Waals surface area contributed by atoms with Crippen LogP contribution in [0.5, 0.6) is 0 Å². The van der Waals surface area contributed by atoms with Crippen LogP contribution in [0.4, 0.5) is 13.2 Å². The third-order valence-electron chi connectivity index (χ3n) is 6.50. The van der Waals surface area contributed by atoms with E-state index in [1.165, 1.54) is 50.7 Å². The summed E-state index contributed by atoms with van der Waals surface area (Å²) < 4.78 is 40.0. The van der Waals surface area contributed by atoms with Gasteiger partial charge in [-0.1, -0.05) is 32.6 Å². The Hall–Kier alpha value is -0.990. The molecule has 3 heteroatoms. The lowest BCUT2D eigenvalue weighted by molar-refractivity contribution is 0.156. The van der Waals surface area contributed by atoms with E-state index >= 15 is 0 Å². The van der Waals surface area contributed by atoms with E-state index < -0.39 is 17.5 Å². The lowest BCUT2D eigenvalue weighted by Gasteiger charge is -2.38. The zero-order valence-corrected chi connectivity index (χ0v) is 14.7. The summed E-state index contributed by atoms with van der Waals surface area (Å²) in [6, 6.07) is 2.39. The van der Waals surface area contributed by atoms with E-state index in [1.54, 1.807) is 0 Å². The highest BCUT2D eigenvalue weighted by molar-refractivity contribution is 5.23. The highest BCUT2D eigenvalue weighted by atomic mass is 19.2. The van der Waals surface area contributed by atoms with Crippen molar-refractivity contribution in [3.63, 3.8) is 0 Å². The third-order valence-corrected chi connectivity index (χ3v) is 6.50. The predicted molar refractivity (Wildman–Crippen MR) is 91.4 cm³/mol. The lowest BCUT2D eigenvalue weighted by atomic mass is 9.68. The Bertz CT molecular complexity index is 515. The average molecular weight is 338 g/mol. The molecule has 0 radical (unpaired) electrons. The Morgan fingerprint density at radius 3 is 1.79 bits per heavy atom. The molecule has 0 unspecified atom stereocenters. The van der Waals surface area contributed by atoms with Gasteiger partial charge >= 0.3 is 0 Å². The summed E-state index contributed by atoms with van der Waals surface area (Å²) in [6.07, 6.45) is 12.4. The van der Waals surface area contributed by atoms with Gasteiger partial charge in [0, 0.05) is 0 Å². The molecule has 0 heterocycles. The molecule has 1 aromatic rings. The van der Waals surface area contributed by atoms with Crippen LogP contribution in [0.3, 0.4) is 0 Å². The Morgan fingerprint density at radius 1 is 0.792 bits per heavy atom. The molecular weight excluding hydrogens is 309 g/mol. The SMILES string of the molecule is CCC[C@H]1CC[C@H]([C@H]2CC[C@H](c3cc(F)c(F)c(F)c3)CC2)CC1. The fraction of sp³-hybridized carbons (Fsp3) is 0.714. The van der Waals surface area contributed by atoms with Crippen LogP contribution in [-0.4, -0.2) is 0 Å². The summed E-state index contributed by atoms with van der Waals surface area (Å²) in [5.41, 5.74) is 0.636. The first-order chi connectivity index (χ1) is 11.6. The van der Waals surface area contributed by atoms with Crippen LogP contribution in [0, 0.1) is 35.2 Å². The van der Waals surface area contributed by atoms with Crippen LogP contribution in [0.15, 0.2) is 12.1 Å². The van der Waals surface area contributed by atoms with Gasteiger partial charge < -0.3 is 0 Å². The number of rotatable bonds is 4. The fourth-order valence-corrected chi connectivity index (χ4v) is 5.09. The molecule has 3 rings (SSSR count). The molecule has 0 amide bonds. The van der Waals surface area contributed by atoms with Gasteiger partial charge in [-0.05, 0) is 79.9 Å². The number of hydrogen-bond acceptors (Lipinski definition) is 0. The molecule has 0 nitrogen and oxygen atoms in total. The standard InChI is InChI=1S/C21H29F3/c1-2-3-14-4-6-15(7-5-14)16-8-10-17(11-9-16)18-12-19(22)21(24)20(23)13-18/h12-17H,2-11H2,1H3/t14-,15-,16-,17-. The van der Waals surface area contributed by atoms with E-state index in [1.807, 2.05) is 0 Å². The Labute approximate surface area is 143 Å². The van der Waals surface area contributed by atoms with E-state index in [-0.39, 0.29) is 5.92 Å². The van der Waals surface area contributed by atoms with Crippen molar-refractivity contribution >= 4 is 0 Å². The Balaban J connectivity index is 1.53. The molecule has 24 heavy (non-hydrogen) atoms. The minimum atomic E-state index is -1.35. The number of halogens is 3. The minimum Gasteiger partial charge on any atom is -0.204 e. The van der Waals surface area contributed by atoms with Gasteiger partial charge in [0.15, 0.2) is 17.5 Å². The zero-order valence-electron chi connectivity index (χ0n) is 14.7. The van der Waals surface area contributed by atoms with Crippen molar-refractivity contribution in [2.45, 2.75) is 77.0 Å². The summed E-state index contributed by atoms with van der Waals surface area (Å²) in [5.74, 6) is -0.714. The summed E-state index contributed by atoms with van der Waals surface area (Å²) in [4.78, 5) is 0. The van der Waals surface area contributed by atoms with Gasteiger partial charge in [-0.3, -0.25) is 0 Å². The van der Waals surface area contributed by atoms with Crippen molar-refractivity contribution in [3.8, 4) is 0 Å². The third kappa shape index (κ3) is 3.97. The van der Waals surface area contributed by atoms with Crippen molar-refractivity contribution in [1.82, 2.24) is 0 Å². The molecule has 0 aliphatic heterocycles. The molecule has 134 valence electrons. The van der Waals surface area contributed by atoms with E-state index in [0.717, 1.165) is 43.4 Å². The van der Waals surface area contributed by atoms with E-state index in [0.29, 0.717) is 5.56 Å². The van der Waals surface area contributed by atoms with Crippen molar-refractivity contribution < 1.29 is 13.2 Å². The summed E-state index contributed by atoms with van der Waals surface area (Å²) in [7, 11) is 0. The van der Waals surface area contributed by atoms with Crippen LogP contribution in [0.25, 0.3) is 0 Å².